The third-order valence-corrected chi connectivity index (χ3v) is 6.08. The number of carbonyl (C=O) groups excluding carboxylic acids is 1. The number of hydrogen-bond acceptors (Lipinski definition) is 5. The van der Waals surface area contributed by atoms with Gasteiger partial charge in [0.1, 0.15) is 0 Å². The van der Waals surface area contributed by atoms with Gasteiger partial charge >= 0.3 is 0 Å². The van der Waals surface area contributed by atoms with Crippen LogP contribution in [-0.2, 0) is 16.1 Å². The van der Waals surface area contributed by atoms with Crippen LogP contribution in [0.3, 0.4) is 0 Å². The molecule has 1 aromatic carbocycles. The zero-order valence-electron chi connectivity index (χ0n) is 16.2. The number of hydrogen-bond donors (Lipinski definition) is 0. The largest absolute Gasteiger partial charge is 0.376 e. The molecule has 3 heterocycles. The highest BCUT2D eigenvalue weighted by atomic mass is 16.5. The summed E-state index contributed by atoms with van der Waals surface area (Å²) in [5, 5.41) is 13.4. The third-order valence-electron chi connectivity index (χ3n) is 6.08. The highest BCUT2D eigenvalue weighted by Gasteiger charge is 2.32. The van der Waals surface area contributed by atoms with Crippen LogP contribution in [0.25, 0.3) is 16.6 Å². The fourth-order valence-electron chi connectivity index (χ4n) is 4.26. The van der Waals surface area contributed by atoms with E-state index in [1.54, 1.807) is 4.52 Å². The minimum atomic E-state index is 0.138. The molecule has 0 radical (unpaired) electrons. The zero-order chi connectivity index (χ0) is 19.1. The second kappa shape index (κ2) is 7.13. The topological polar surface area (TPSA) is 72.6 Å². The van der Waals surface area contributed by atoms with Crippen LogP contribution < -0.4 is 0 Å². The van der Waals surface area contributed by atoms with Gasteiger partial charge in [-0.15, -0.1) is 5.10 Å². The van der Waals surface area contributed by atoms with Crippen LogP contribution in [0, 0.1) is 12.8 Å². The number of aromatic nitrogens is 4. The Morgan fingerprint density at radius 2 is 2.14 bits per heavy atom. The van der Waals surface area contributed by atoms with Crippen molar-refractivity contribution in [1.29, 1.82) is 0 Å². The van der Waals surface area contributed by atoms with Gasteiger partial charge in [0.05, 0.1) is 11.6 Å². The van der Waals surface area contributed by atoms with Crippen LogP contribution in [0.2, 0.25) is 0 Å². The maximum Gasteiger partial charge on any atom is 0.226 e. The smallest absolute Gasteiger partial charge is 0.226 e. The molecule has 1 aliphatic heterocycles. The molecule has 1 amide bonds. The molecule has 28 heavy (non-hydrogen) atoms. The maximum absolute atomic E-state index is 13.1. The molecule has 5 rings (SSSR count). The Balaban J connectivity index is 1.51. The minimum absolute atomic E-state index is 0.138. The molecule has 7 heteroatoms. The second-order valence-corrected chi connectivity index (χ2v) is 8.13. The highest BCUT2D eigenvalue weighted by molar-refractivity contribution is 5.84. The van der Waals surface area contributed by atoms with Crippen molar-refractivity contribution in [2.24, 2.45) is 5.92 Å². The van der Waals surface area contributed by atoms with Crippen molar-refractivity contribution in [1.82, 2.24) is 24.9 Å². The van der Waals surface area contributed by atoms with E-state index in [1.165, 1.54) is 0 Å². The fourth-order valence-corrected chi connectivity index (χ4v) is 4.26. The number of ether oxygens (including phenoxy) is 1. The van der Waals surface area contributed by atoms with Crippen molar-refractivity contribution in [2.75, 3.05) is 13.2 Å². The molecule has 2 aromatic heterocycles. The van der Waals surface area contributed by atoms with Crippen molar-refractivity contribution in [2.45, 2.75) is 51.7 Å². The summed E-state index contributed by atoms with van der Waals surface area (Å²) in [6.07, 6.45) is 5.38. The van der Waals surface area contributed by atoms with E-state index in [0.29, 0.717) is 13.1 Å². The number of tetrazole rings is 1. The molecular formula is C21H25N5O2. The summed E-state index contributed by atoms with van der Waals surface area (Å²) in [7, 11) is 0. The first-order valence-electron chi connectivity index (χ1n) is 10.2. The van der Waals surface area contributed by atoms with Crippen LogP contribution in [0.4, 0.5) is 0 Å². The Morgan fingerprint density at radius 3 is 2.89 bits per heavy atom. The number of carbonyl (C=O) groups is 1. The van der Waals surface area contributed by atoms with Gasteiger partial charge in [-0.3, -0.25) is 4.79 Å². The molecule has 1 saturated heterocycles. The standard InChI is InChI=1S/C21H25N5O2/c1-14-7-8-16-11-17(20-22-23-24-26(20)19(16)10-14)12-25(13-18-6-3-9-28-18)21(27)15-4-2-5-15/h7-8,10-11,15,18H,2-6,9,12-13H2,1H3. The lowest BCUT2D eigenvalue weighted by Gasteiger charge is -2.33. The summed E-state index contributed by atoms with van der Waals surface area (Å²) in [6, 6.07) is 8.39. The Bertz CT molecular complexity index is 1020. The van der Waals surface area contributed by atoms with Crippen LogP contribution in [0.1, 0.15) is 43.2 Å². The van der Waals surface area contributed by atoms with Crippen molar-refractivity contribution in [3.8, 4) is 0 Å². The van der Waals surface area contributed by atoms with Gasteiger partial charge in [-0.05, 0) is 60.7 Å². The van der Waals surface area contributed by atoms with E-state index in [0.717, 1.165) is 66.4 Å². The molecule has 1 atom stereocenters. The lowest BCUT2D eigenvalue weighted by molar-refractivity contribution is -0.140. The quantitative estimate of drug-likeness (QED) is 0.682. The van der Waals surface area contributed by atoms with Gasteiger partial charge in [0.2, 0.25) is 5.91 Å². The average Bonchev–Trinajstić information content (AvgIpc) is 3.32. The molecule has 146 valence electrons. The van der Waals surface area contributed by atoms with E-state index in [4.69, 9.17) is 4.74 Å². The molecule has 2 aliphatic rings. The van der Waals surface area contributed by atoms with Gasteiger partial charge < -0.3 is 9.64 Å². The number of fused-ring (bicyclic) bond motifs is 3. The monoisotopic (exact) mass is 379 g/mol. The molecule has 0 N–H and O–H groups in total. The summed E-state index contributed by atoms with van der Waals surface area (Å²) in [5.74, 6) is 0.410. The SMILES string of the molecule is Cc1ccc2cc(CN(CC3CCCO3)C(=O)C3CCC3)c3nnnn3c2c1. The van der Waals surface area contributed by atoms with Crippen LogP contribution in [0.5, 0.6) is 0 Å². The van der Waals surface area contributed by atoms with Gasteiger partial charge in [-0.2, -0.15) is 4.52 Å². The van der Waals surface area contributed by atoms with Gasteiger partial charge in [0.25, 0.3) is 0 Å². The van der Waals surface area contributed by atoms with Crippen LogP contribution >= 0.6 is 0 Å². The molecule has 1 saturated carbocycles. The number of rotatable bonds is 5. The van der Waals surface area contributed by atoms with Crippen LogP contribution in [0.15, 0.2) is 24.3 Å². The van der Waals surface area contributed by atoms with Gasteiger partial charge in [-0.1, -0.05) is 18.6 Å². The number of aryl methyl sites for hydroxylation is 1. The first-order chi connectivity index (χ1) is 13.7. The Hall–Kier alpha value is -2.54. The molecule has 2 fully saturated rings. The van der Waals surface area contributed by atoms with E-state index in [9.17, 15) is 4.79 Å². The first kappa shape index (κ1) is 17.6. The van der Waals surface area contributed by atoms with Gasteiger partial charge in [-0.25, -0.2) is 0 Å². The summed E-state index contributed by atoms with van der Waals surface area (Å²) in [4.78, 5) is 15.1. The maximum atomic E-state index is 13.1. The van der Waals surface area contributed by atoms with E-state index in [-0.39, 0.29) is 17.9 Å². The second-order valence-electron chi connectivity index (χ2n) is 8.13. The first-order valence-corrected chi connectivity index (χ1v) is 10.2. The molecule has 1 unspecified atom stereocenters. The average molecular weight is 379 g/mol. The van der Waals surface area contributed by atoms with E-state index in [2.05, 4.69) is 46.7 Å². The summed E-state index contributed by atoms with van der Waals surface area (Å²) < 4.78 is 7.61. The summed E-state index contributed by atoms with van der Waals surface area (Å²) >= 11 is 0. The highest BCUT2D eigenvalue weighted by Crippen LogP contribution is 2.30. The Morgan fingerprint density at radius 1 is 1.25 bits per heavy atom. The molecule has 0 bridgehead atoms. The van der Waals surface area contributed by atoms with Gasteiger partial charge in [0, 0.05) is 36.6 Å². The molecule has 3 aromatic rings. The lowest BCUT2D eigenvalue weighted by Crippen LogP contribution is -2.42. The van der Waals surface area contributed by atoms with Gasteiger partial charge in [0.15, 0.2) is 5.65 Å². The third kappa shape index (κ3) is 3.13. The number of pyridine rings is 1. The number of benzene rings is 1. The van der Waals surface area contributed by atoms with Crippen molar-refractivity contribution in [3.63, 3.8) is 0 Å². The fraction of sp³-hybridized carbons (Fsp3) is 0.524. The van der Waals surface area contributed by atoms with E-state index in [1.807, 2.05) is 4.90 Å². The van der Waals surface area contributed by atoms with Crippen molar-refractivity contribution in [3.05, 3.63) is 35.4 Å². The minimum Gasteiger partial charge on any atom is -0.376 e. The Kier molecular flexibility index (Phi) is 4.47. The van der Waals surface area contributed by atoms with Crippen LogP contribution in [-0.4, -0.2) is 50.1 Å². The van der Waals surface area contributed by atoms with E-state index < -0.39 is 0 Å². The number of amides is 1. The molecule has 1 aliphatic carbocycles. The molecule has 7 nitrogen and oxygen atoms in total. The summed E-state index contributed by atoms with van der Waals surface area (Å²) in [5.41, 5.74) is 3.85. The predicted molar refractivity (Wildman–Crippen MR) is 105 cm³/mol. The normalized spacial score (nSPS) is 20.0. The zero-order valence-corrected chi connectivity index (χ0v) is 16.2. The predicted octanol–water partition coefficient (Wildman–Crippen LogP) is 2.89. The van der Waals surface area contributed by atoms with Crippen molar-refractivity contribution < 1.29 is 9.53 Å². The number of nitrogens with zero attached hydrogens (tertiary/aromatic N) is 5. The lowest BCUT2D eigenvalue weighted by atomic mass is 9.84. The Labute approximate surface area is 163 Å². The van der Waals surface area contributed by atoms with Crippen molar-refractivity contribution >= 4 is 22.5 Å². The molecule has 0 spiro atoms. The summed E-state index contributed by atoms with van der Waals surface area (Å²) in [6.45, 7) is 4.02. The van der Waals surface area contributed by atoms with E-state index >= 15 is 0 Å². The molecular weight excluding hydrogens is 354 g/mol.